The monoisotopic (exact) mass is 290 g/mol. The maximum Gasteiger partial charge on any atom is 0.352 e. The predicted molar refractivity (Wildman–Crippen MR) is 68.4 cm³/mol. The quantitative estimate of drug-likeness (QED) is 0.684. The van der Waals surface area contributed by atoms with Crippen LogP contribution in [0.5, 0.6) is 0 Å². The molecule has 108 valence electrons. The maximum absolute atomic E-state index is 12.1. The predicted octanol–water partition coefficient (Wildman–Crippen LogP) is 0.0185. The zero-order valence-electron chi connectivity index (χ0n) is 11.0. The molecule has 0 bridgehead atoms. The summed E-state index contributed by atoms with van der Waals surface area (Å²) in [7, 11) is -2.39. The second-order valence-electron chi connectivity index (χ2n) is 4.63. The van der Waals surface area contributed by atoms with E-state index < -0.39 is 22.0 Å². The number of sulfonamides is 1. The van der Waals surface area contributed by atoms with Gasteiger partial charge in [0.25, 0.3) is 0 Å². The molecule has 1 rings (SSSR count). The third-order valence-corrected chi connectivity index (χ3v) is 4.27. The minimum Gasteiger partial charge on any atom is -0.477 e. The van der Waals surface area contributed by atoms with Gasteiger partial charge in [-0.3, -0.25) is 0 Å². The minimum atomic E-state index is -3.85. The molecule has 3 N–H and O–H groups in total. The third-order valence-electron chi connectivity index (χ3n) is 2.82. The van der Waals surface area contributed by atoms with Crippen LogP contribution in [-0.4, -0.2) is 41.8 Å². The molecule has 0 fully saturated rings. The zero-order chi connectivity index (χ0) is 14.8. The average Bonchev–Trinajstić information content (AvgIpc) is 2.68. The molecule has 0 saturated carbocycles. The Kier molecular flexibility index (Phi) is 4.72. The first-order chi connectivity index (χ1) is 8.69. The number of nitrogens with one attached hydrogen (secondary N) is 1. The van der Waals surface area contributed by atoms with Crippen molar-refractivity contribution in [2.24, 2.45) is 13.0 Å². The van der Waals surface area contributed by atoms with Crippen molar-refractivity contribution in [2.45, 2.75) is 24.8 Å². The van der Waals surface area contributed by atoms with E-state index in [1.165, 1.54) is 17.8 Å². The van der Waals surface area contributed by atoms with Crippen molar-refractivity contribution in [1.29, 1.82) is 0 Å². The molecule has 0 radical (unpaired) electrons. The van der Waals surface area contributed by atoms with Crippen molar-refractivity contribution in [1.82, 2.24) is 9.29 Å². The lowest BCUT2D eigenvalue weighted by molar-refractivity contribution is 0.0686. The molecule has 0 saturated heterocycles. The molecule has 0 aliphatic heterocycles. The topological polar surface area (TPSA) is 109 Å². The van der Waals surface area contributed by atoms with Gasteiger partial charge in [0.15, 0.2) is 0 Å². The first-order valence-electron chi connectivity index (χ1n) is 5.72. The van der Waals surface area contributed by atoms with Crippen LogP contribution >= 0.6 is 0 Å². The van der Waals surface area contributed by atoms with Crippen LogP contribution in [0.1, 0.15) is 24.3 Å². The summed E-state index contributed by atoms with van der Waals surface area (Å²) in [5.74, 6) is -1.28. The summed E-state index contributed by atoms with van der Waals surface area (Å²) in [6.45, 7) is 3.23. The van der Waals surface area contributed by atoms with Gasteiger partial charge in [0.2, 0.25) is 10.0 Å². The van der Waals surface area contributed by atoms with Gasteiger partial charge in [0.05, 0.1) is 6.61 Å². The Morgan fingerprint density at radius 1 is 1.47 bits per heavy atom. The standard InChI is InChI=1S/C11H18N2O5S/c1-7(2)9(6-14)12-19(17,18)8-4-10(11(15)16)13(3)5-8/h4-5,7,9,12,14H,6H2,1-3H3,(H,15,16). The van der Waals surface area contributed by atoms with E-state index in [4.69, 9.17) is 10.2 Å². The number of hydrogen-bond donors (Lipinski definition) is 3. The lowest BCUT2D eigenvalue weighted by Gasteiger charge is -2.19. The fourth-order valence-electron chi connectivity index (χ4n) is 1.55. The second kappa shape index (κ2) is 5.72. The van der Waals surface area contributed by atoms with Crippen molar-refractivity contribution in [3.05, 3.63) is 18.0 Å². The summed E-state index contributed by atoms with van der Waals surface area (Å²) in [5.41, 5.74) is -0.120. The van der Waals surface area contributed by atoms with Gasteiger partial charge in [0, 0.05) is 19.3 Å². The lowest BCUT2D eigenvalue weighted by atomic mass is 10.1. The molecule has 0 aromatic carbocycles. The Morgan fingerprint density at radius 3 is 2.42 bits per heavy atom. The molecule has 1 heterocycles. The SMILES string of the molecule is CC(C)C(CO)NS(=O)(=O)c1cc(C(=O)O)n(C)c1. The molecule has 7 nitrogen and oxygen atoms in total. The Balaban J connectivity index is 3.07. The molecular formula is C11H18N2O5S. The number of rotatable bonds is 6. The number of aryl methyl sites for hydroxylation is 1. The van der Waals surface area contributed by atoms with Crippen molar-refractivity contribution in [3.8, 4) is 0 Å². The summed E-state index contributed by atoms with van der Waals surface area (Å²) in [6, 6.07) is 0.470. The van der Waals surface area contributed by atoms with Gasteiger partial charge in [-0.05, 0) is 12.0 Å². The highest BCUT2D eigenvalue weighted by atomic mass is 32.2. The molecule has 1 aromatic heterocycles. The molecule has 0 spiro atoms. The number of aliphatic hydroxyl groups is 1. The number of carbonyl (C=O) groups is 1. The highest BCUT2D eigenvalue weighted by Gasteiger charge is 2.24. The minimum absolute atomic E-state index is 0.0811. The van der Waals surface area contributed by atoms with Crippen LogP contribution in [0.4, 0.5) is 0 Å². The average molecular weight is 290 g/mol. The molecule has 1 atom stereocenters. The van der Waals surface area contributed by atoms with Crippen LogP contribution in [0.15, 0.2) is 17.2 Å². The number of aromatic carboxylic acids is 1. The van der Waals surface area contributed by atoms with Crippen molar-refractivity contribution < 1.29 is 23.4 Å². The maximum atomic E-state index is 12.1. The largest absolute Gasteiger partial charge is 0.477 e. The van der Waals surface area contributed by atoms with Crippen LogP contribution in [0.2, 0.25) is 0 Å². The number of hydrogen-bond acceptors (Lipinski definition) is 4. The van der Waals surface area contributed by atoms with Gasteiger partial charge in [-0.1, -0.05) is 13.8 Å². The molecule has 0 amide bonds. The van der Waals surface area contributed by atoms with Gasteiger partial charge in [-0.2, -0.15) is 0 Å². The number of carboxylic acids is 1. The van der Waals surface area contributed by atoms with Crippen LogP contribution < -0.4 is 4.72 Å². The summed E-state index contributed by atoms with van der Waals surface area (Å²) in [5, 5.41) is 18.0. The number of aliphatic hydroxyl groups excluding tert-OH is 1. The lowest BCUT2D eigenvalue weighted by Crippen LogP contribution is -2.40. The summed E-state index contributed by atoms with van der Waals surface area (Å²) in [6.07, 6.45) is 1.22. The van der Waals surface area contributed by atoms with Crippen molar-refractivity contribution in [2.75, 3.05) is 6.61 Å². The Bertz CT molecular complexity index is 562. The van der Waals surface area contributed by atoms with E-state index >= 15 is 0 Å². The molecule has 0 aliphatic carbocycles. The number of carboxylic acid groups (broad SMARTS) is 1. The number of nitrogens with zero attached hydrogens (tertiary/aromatic N) is 1. The molecule has 0 aliphatic rings. The van der Waals surface area contributed by atoms with E-state index in [1.54, 1.807) is 13.8 Å². The summed E-state index contributed by atoms with van der Waals surface area (Å²) >= 11 is 0. The van der Waals surface area contributed by atoms with Gasteiger partial charge >= 0.3 is 5.97 Å². The van der Waals surface area contributed by atoms with Gasteiger partial charge in [0.1, 0.15) is 10.6 Å². The van der Waals surface area contributed by atoms with E-state index in [9.17, 15) is 13.2 Å². The summed E-state index contributed by atoms with van der Waals surface area (Å²) in [4.78, 5) is 10.7. The summed E-state index contributed by atoms with van der Waals surface area (Å²) < 4.78 is 27.7. The molecular weight excluding hydrogens is 272 g/mol. The Labute approximate surface area is 111 Å². The Morgan fingerprint density at radius 2 is 2.05 bits per heavy atom. The van der Waals surface area contributed by atoms with E-state index in [2.05, 4.69) is 4.72 Å². The van der Waals surface area contributed by atoms with Crippen molar-refractivity contribution >= 4 is 16.0 Å². The fourth-order valence-corrected chi connectivity index (χ4v) is 2.99. The van der Waals surface area contributed by atoms with Crippen LogP contribution in [-0.2, 0) is 17.1 Å². The van der Waals surface area contributed by atoms with Gasteiger partial charge < -0.3 is 14.8 Å². The van der Waals surface area contributed by atoms with Crippen molar-refractivity contribution in [3.63, 3.8) is 0 Å². The zero-order valence-corrected chi connectivity index (χ0v) is 11.8. The van der Waals surface area contributed by atoms with Crippen LogP contribution in [0.25, 0.3) is 0 Å². The first-order valence-corrected chi connectivity index (χ1v) is 7.20. The fraction of sp³-hybridized carbons (Fsp3) is 0.545. The molecule has 19 heavy (non-hydrogen) atoms. The van der Waals surface area contributed by atoms with Gasteiger partial charge in [-0.15, -0.1) is 0 Å². The van der Waals surface area contributed by atoms with E-state index in [0.29, 0.717) is 0 Å². The molecule has 1 unspecified atom stereocenters. The highest BCUT2D eigenvalue weighted by Crippen LogP contribution is 2.15. The van der Waals surface area contributed by atoms with Crippen LogP contribution in [0, 0.1) is 5.92 Å². The van der Waals surface area contributed by atoms with Crippen LogP contribution in [0.3, 0.4) is 0 Å². The Hall–Kier alpha value is -1.38. The van der Waals surface area contributed by atoms with E-state index in [1.807, 2.05) is 0 Å². The van der Waals surface area contributed by atoms with Gasteiger partial charge in [-0.25, -0.2) is 17.9 Å². The highest BCUT2D eigenvalue weighted by molar-refractivity contribution is 7.89. The third kappa shape index (κ3) is 3.55. The molecule has 1 aromatic rings. The molecule has 8 heteroatoms. The van der Waals surface area contributed by atoms with E-state index in [0.717, 1.165) is 6.07 Å². The van der Waals surface area contributed by atoms with E-state index in [-0.39, 0.29) is 23.1 Å². The first kappa shape index (κ1) is 15.7. The number of aromatic nitrogens is 1. The smallest absolute Gasteiger partial charge is 0.352 e. The second-order valence-corrected chi connectivity index (χ2v) is 6.35. The normalized spacial score (nSPS) is 13.7.